The zero-order valence-corrected chi connectivity index (χ0v) is 12.5. The molecule has 0 spiro atoms. The van der Waals surface area contributed by atoms with Gasteiger partial charge in [0.05, 0.1) is 12.3 Å². The molecule has 0 amide bonds. The molecule has 0 aliphatic carbocycles. The van der Waals surface area contributed by atoms with E-state index in [4.69, 9.17) is 4.74 Å². The van der Waals surface area contributed by atoms with Crippen LogP contribution in [0.1, 0.15) is 27.2 Å². The van der Waals surface area contributed by atoms with E-state index in [1.165, 1.54) is 0 Å². The monoisotopic (exact) mass is 276 g/mol. The summed E-state index contributed by atoms with van der Waals surface area (Å²) in [6.07, 6.45) is 1.03. The summed E-state index contributed by atoms with van der Waals surface area (Å²) in [7, 11) is 0. The van der Waals surface area contributed by atoms with Gasteiger partial charge in [-0.3, -0.25) is 0 Å². The van der Waals surface area contributed by atoms with Gasteiger partial charge in [-0.1, -0.05) is 6.92 Å². The quantitative estimate of drug-likeness (QED) is 0.848. The summed E-state index contributed by atoms with van der Waals surface area (Å²) >= 11 is 1.64. The van der Waals surface area contributed by atoms with Gasteiger partial charge in [0.25, 0.3) is 0 Å². The summed E-state index contributed by atoms with van der Waals surface area (Å²) < 4.78 is 5.57. The summed E-state index contributed by atoms with van der Waals surface area (Å²) in [6.45, 7) is 7.09. The van der Waals surface area contributed by atoms with Crippen molar-refractivity contribution in [2.24, 2.45) is 0 Å². The SMILES string of the molecule is CCCOc1ccc(-c2csc(NC(C)C)n2)cc1. The second-order valence-corrected chi connectivity index (χ2v) is 5.57. The van der Waals surface area contributed by atoms with E-state index < -0.39 is 0 Å². The molecule has 4 heteroatoms. The Balaban J connectivity index is 2.07. The first kappa shape index (κ1) is 13.9. The van der Waals surface area contributed by atoms with Gasteiger partial charge in [-0.2, -0.15) is 0 Å². The van der Waals surface area contributed by atoms with Gasteiger partial charge in [-0.25, -0.2) is 4.98 Å². The van der Waals surface area contributed by atoms with Crippen molar-refractivity contribution in [2.75, 3.05) is 11.9 Å². The summed E-state index contributed by atoms with van der Waals surface area (Å²) in [5, 5.41) is 6.36. The van der Waals surface area contributed by atoms with Crippen molar-refractivity contribution in [3.63, 3.8) is 0 Å². The first-order chi connectivity index (χ1) is 9.19. The number of nitrogens with one attached hydrogen (secondary N) is 1. The average Bonchev–Trinajstić information content (AvgIpc) is 2.84. The van der Waals surface area contributed by atoms with Gasteiger partial charge in [0.15, 0.2) is 5.13 Å². The number of aromatic nitrogens is 1. The Hall–Kier alpha value is -1.55. The lowest BCUT2D eigenvalue weighted by Crippen LogP contribution is -2.08. The Bertz CT molecular complexity index is 505. The smallest absolute Gasteiger partial charge is 0.183 e. The van der Waals surface area contributed by atoms with Gasteiger partial charge in [0, 0.05) is 17.0 Å². The van der Waals surface area contributed by atoms with Gasteiger partial charge >= 0.3 is 0 Å². The second-order valence-electron chi connectivity index (χ2n) is 4.71. The van der Waals surface area contributed by atoms with Crippen LogP contribution in [0.3, 0.4) is 0 Å². The average molecular weight is 276 g/mol. The number of hydrogen-bond acceptors (Lipinski definition) is 4. The summed E-state index contributed by atoms with van der Waals surface area (Å²) in [4.78, 5) is 4.58. The maximum atomic E-state index is 5.57. The first-order valence-corrected chi connectivity index (χ1v) is 7.52. The lowest BCUT2D eigenvalue weighted by Gasteiger charge is -2.05. The lowest BCUT2D eigenvalue weighted by atomic mass is 10.2. The number of nitrogens with zero attached hydrogens (tertiary/aromatic N) is 1. The minimum Gasteiger partial charge on any atom is -0.494 e. The zero-order chi connectivity index (χ0) is 13.7. The molecule has 0 aliphatic heterocycles. The molecule has 19 heavy (non-hydrogen) atoms. The van der Waals surface area contributed by atoms with E-state index in [-0.39, 0.29) is 0 Å². The van der Waals surface area contributed by atoms with Gasteiger partial charge < -0.3 is 10.1 Å². The van der Waals surface area contributed by atoms with Crippen LogP contribution in [0.25, 0.3) is 11.3 Å². The third kappa shape index (κ3) is 3.96. The Morgan fingerprint density at radius 3 is 2.63 bits per heavy atom. The molecular weight excluding hydrogens is 256 g/mol. The van der Waals surface area contributed by atoms with Crippen LogP contribution in [0.2, 0.25) is 0 Å². The van der Waals surface area contributed by atoms with E-state index in [2.05, 4.69) is 48.6 Å². The molecule has 0 radical (unpaired) electrons. The van der Waals surface area contributed by atoms with Gasteiger partial charge in [0.2, 0.25) is 0 Å². The fourth-order valence-electron chi connectivity index (χ4n) is 1.66. The summed E-state index contributed by atoms with van der Waals surface area (Å²) in [6, 6.07) is 8.52. The van der Waals surface area contributed by atoms with Gasteiger partial charge in [-0.05, 0) is 44.5 Å². The number of ether oxygens (including phenoxy) is 1. The van der Waals surface area contributed by atoms with E-state index >= 15 is 0 Å². The maximum absolute atomic E-state index is 5.57. The van der Waals surface area contributed by atoms with E-state index in [0.29, 0.717) is 6.04 Å². The number of rotatable bonds is 6. The predicted molar refractivity (Wildman–Crippen MR) is 82.1 cm³/mol. The lowest BCUT2D eigenvalue weighted by molar-refractivity contribution is 0.317. The molecule has 0 fully saturated rings. The molecule has 1 N–H and O–H groups in total. The molecule has 102 valence electrons. The Kier molecular flexibility index (Phi) is 4.80. The highest BCUT2D eigenvalue weighted by molar-refractivity contribution is 7.14. The first-order valence-electron chi connectivity index (χ1n) is 6.64. The minimum absolute atomic E-state index is 0.406. The third-order valence-corrected chi connectivity index (χ3v) is 3.31. The zero-order valence-electron chi connectivity index (χ0n) is 11.6. The number of thiazole rings is 1. The molecule has 0 saturated carbocycles. The van der Waals surface area contributed by atoms with Crippen LogP contribution < -0.4 is 10.1 Å². The van der Waals surface area contributed by atoms with Crippen molar-refractivity contribution in [2.45, 2.75) is 33.2 Å². The van der Waals surface area contributed by atoms with Crippen LogP contribution in [-0.2, 0) is 0 Å². The highest BCUT2D eigenvalue weighted by atomic mass is 32.1. The Morgan fingerprint density at radius 1 is 1.26 bits per heavy atom. The largest absolute Gasteiger partial charge is 0.494 e. The molecule has 1 heterocycles. The Morgan fingerprint density at radius 2 is 2.00 bits per heavy atom. The van der Waals surface area contributed by atoms with E-state index in [1.807, 2.05) is 12.1 Å². The molecular formula is C15H20N2OS. The molecule has 0 saturated heterocycles. The van der Waals surface area contributed by atoms with Crippen molar-refractivity contribution in [3.8, 4) is 17.0 Å². The van der Waals surface area contributed by atoms with Crippen molar-refractivity contribution >= 4 is 16.5 Å². The number of benzene rings is 1. The molecule has 0 bridgehead atoms. The molecule has 0 unspecified atom stereocenters. The minimum atomic E-state index is 0.406. The van der Waals surface area contributed by atoms with Crippen molar-refractivity contribution < 1.29 is 4.74 Å². The number of hydrogen-bond donors (Lipinski definition) is 1. The summed E-state index contributed by atoms with van der Waals surface area (Å²) in [5.74, 6) is 0.918. The van der Waals surface area contributed by atoms with E-state index in [9.17, 15) is 0 Å². The van der Waals surface area contributed by atoms with E-state index in [1.54, 1.807) is 11.3 Å². The highest BCUT2D eigenvalue weighted by Crippen LogP contribution is 2.26. The van der Waals surface area contributed by atoms with Crippen LogP contribution in [0.4, 0.5) is 5.13 Å². The number of anilines is 1. The van der Waals surface area contributed by atoms with Gasteiger partial charge in [-0.15, -0.1) is 11.3 Å². The van der Waals surface area contributed by atoms with Crippen LogP contribution in [0.15, 0.2) is 29.6 Å². The molecule has 1 aromatic carbocycles. The Labute approximate surface area is 118 Å². The third-order valence-electron chi connectivity index (χ3n) is 2.54. The molecule has 0 atom stereocenters. The van der Waals surface area contributed by atoms with Crippen molar-refractivity contribution in [3.05, 3.63) is 29.6 Å². The predicted octanol–water partition coefficient (Wildman–Crippen LogP) is 4.42. The molecule has 3 nitrogen and oxygen atoms in total. The normalized spacial score (nSPS) is 10.7. The van der Waals surface area contributed by atoms with Crippen LogP contribution in [0, 0.1) is 0 Å². The van der Waals surface area contributed by atoms with Crippen molar-refractivity contribution in [1.82, 2.24) is 4.98 Å². The van der Waals surface area contributed by atoms with Crippen molar-refractivity contribution in [1.29, 1.82) is 0 Å². The van der Waals surface area contributed by atoms with Crippen LogP contribution in [0.5, 0.6) is 5.75 Å². The molecule has 1 aromatic heterocycles. The fourth-order valence-corrected chi connectivity index (χ4v) is 2.53. The topological polar surface area (TPSA) is 34.1 Å². The summed E-state index contributed by atoms with van der Waals surface area (Å²) in [5.41, 5.74) is 2.13. The molecule has 2 rings (SSSR count). The molecule has 0 aliphatic rings. The van der Waals surface area contributed by atoms with E-state index in [0.717, 1.165) is 35.2 Å². The maximum Gasteiger partial charge on any atom is 0.183 e. The second kappa shape index (κ2) is 6.57. The van der Waals surface area contributed by atoms with Crippen LogP contribution in [-0.4, -0.2) is 17.6 Å². The standard InChI is InChI=1S/C15H20N2OS/c1-4-9-18-13-7-5-12(6-8-13)14-10-19-15(17-14)16-11(2)3/h5-8,10-11H,4,9H2,1-3H3,(H,16,17). The molecule has 2 aromatic rings. The van der Waals surface area contributed by atoms with Crippen LogP contribution >= 0.6 is 11.3 Å². The van der Waals surface area contributed by atoms with Gasteiger partial charge in [0.1, 0.15) is 5.75 Å². The fraction of sp³-hybridized carbons (Fsp3) is 0.400. The highest BCUT2D eigenvalue weighted by Gasteiger charge is 2.05.